The van der Waals surface area contributed by atoms with E-state index in [4.69, 9.17) is 5.11 Å². The van der Waals surface area contributed by atoms with E-state index in [1.807, 2.05) is 25.1 Å². The van der Waals surface area contributed by atoms with E-state index in [9.17, 15) is 9.59 Å². The molecule has 0 bridgehead atoms. The normalized spacial score (nSPS) is 18.3. The SMILES string of the molecule is Cc1cc(Br)ccc1SCC(=O)N1CCC[C@@H]1C(=O)O. The van der Waals surface area contributed by atoms with Gasteiger partial charge in [-0.05, 0) is 43.5 Å². The summed E-state index contributed by atoms with van der Waals surface area (Å²) in [5, 5.41) is 9.09. The number of aliphatic carboxylic acids is 1. The minimum absolute atomic E-state index is 0.0952. The van der Waals surface area contributed by atoms with Crippen molar-refractivity contribution in [1.82, 2.24) is 4.90 Å². The van der Waals surface area contributed by atoms with Gasteiger partial charge in [0.2, 0.25) is 5.91 Å². The summed E-state index contributed by atoms with van der Waals surface area (Å²) >= 11 is 4.86. The molecule has 1 N–H and O–H groups in total. The standard InChI is InChI=1S/C14H16BrNO3S/c1-9-7-10(15)4-5-12(9)20-8-13(17)16-6-2-3-11(16)14(18)19/h4-5,7,11H,2-3,6,8H2,1H3,(H,18,19)/t11-/m1/s1. The van der Waals surface area contributed by atoms with Crippen LogP contribution >= 0.6 is 27.7 Å². The molecule has 1 amide bonds. The third-order valence-corrected chi connectivity index (χ3v) is 5.00. The van der Waals surface area contributed by atoms with E-state index < -0.39 is 12.0 Å². The highest BCUT2D eigenvalue weighted by Crippen LogP contribution is 2.26. The quantitative estimate of drug-likeness (QED) is 0.841. The van der Waals surface area contributed by atoms with Crippen LogP contribution in [0.5, 0.6) is 0 Å². The molecule has 4 nitrogen and oxygen atoms in total. The van der Waals surface area contributed by atoms with Crippen LogP contribution in [0.3, 0.4) is 0 Å². The van der Waals surface area contributed by atoms with Gasteiger partial charge in [0, 0.05) is 15.9 Å². The number of nitrogens with zero attached hydrogens (tertiary/aromatic N) is 1. The molecule has 1 aliphatic heterocycles. The van der Waals surface area contributed by atoms with Gasteiger partial charge in [0.05, 0.1) is 5.75 Å². The van der Waals surface area contributed by atoms with Crippen molar-refractivity contribution in [2.75, 3.05) is 12.3 Å². The van der Waals surface area contributed by atoms with E-state index in [0.29, 0.717) is 13.0 Å². The van der Waals surface area contributed by atoms with E-state index in [1.54, 1.807) is 0 Å². The Labute approximate surface area is 130 Å². The molecule has 0 spiro atoms. The van der Waals surface area contributed by atoms with Crippen LogP contribution in [0.15, 0.2) is 27.6 Å². The van der Waals surface area contributed by atoms with Gasteiger partial charge in [-0.15, -0.1) is 11.8 Å². The number of thioether (sulfide) groups is 1. The molecule has 20 heavy (non-hydrogen) atoms. The monoisotopic (exact) mass is 357 g/mol. The lowest BCUT2D eigenvalue weighted by Crippen LogP contribution is -2.41. The summed E-state index contributed by atoms with van der Waals surface area (Å²) in [6.07, 6.45) is 1.33. The summed E-state index contributed by atoms with van der Waals surface area (Å²) in [6.45, 7) is 2.54. The van der Waals surface area contributed by atoms with Gasteiger partial charge < -0.3 is 10.0 Å². The van der Waals surface area contributed by atoms with Gasteiger partial charge in [0.25, 0.3) is 0 Å². The Bertz CT molecular complexity index is 535. The van der Waals surface area contributed by atoms with Crippen molar-refractivity contribution >= 4 is 39.6 Å². The lowest BCUT2D eigenvalue weighted by atomic mass is 10.2. The zero-order valence-corrected chi connectivity index (χ0v) is 13.5. The second kappa shape index (κ2) is 6.63. The summed E-state index contributed by atoms with van der Waals surface area (Å²) in [6, 6.07) is 5.27. The number of carboxylic acid groups (broad SMARTS) is 1. The van der Waals surface area contributed by atoms with Crippen molar-refractivity contribution < 1.29 is 14.7 Å². The first-order valence-corrected chi connectivity index (χ1v) is 8.18. The fourth-order valence-corrected chi connectivity index (χ4v) is 3.69. The number of amides is 1. The van der Waals surface area contributed by atoms with E-state index >= 15 is 0 Å². The Morgan fingerprint density at radius 2 is 2.25 bits per heavy atom. The van der Waals surface area contributed by atoms with Gasteiger partial charge in [-0.2, -0.15) is 0 Å². The zero-order valence-electron chi connectivity index (χ0n) is 11.1. The molecule has 0 aromatic heterocycles. The fraction of sp³-hybridized carbons (Fsp3) is 0.429. The van der Waals surface area contributed by atoms with Crippen LogP contribution in [0.1, 0.15) is 18.4 Å². The van der Waals surface area contributed by atoms with Gasteiger partial charge in [-0.1, -0.05) is 15.9 Å². The largest absolute Gasteiger partial charge is 0.480 e. The van der Waals surface area contributed by atoms with Crippen molar-refractivity contribution in [3.8, 4) is 0 Å². The predicted molar refractivity (Wildman–Crippen MR) is 82.0 cm³/mol. The summed E-state index contributed by atoms with van der Waals surface area (Å²) in [5.74, 6) is -0.713. The lowest BCUT2D eigenvalue weighted by molar-refractivity contribution is -0.147. The second-order valence-corrected chi connectivity index (χ2v) is 6.71. The average molecular weight is 358 g/mol. The maximum atomic E-state index is 12.1. The molecular formula is C14H16BrNO3S. The van der Waals surface area contributed by atoms with Crippen LogP contribution in [0.4, 0.5) is 0 Å². The number of benzene rings is 1. The third kappa shape index (κ3) is 3.55. The first-order valence-electron chi connectivity index (χ1n) is 6.40. The number of halogens is 1. The number of carbonyl (C=O) groups is 2. The Morgan fingerprint density at radius 1 is 1.50 bits per heavy atom. The smallest absolute Gasteiger partial charge is 0.326 e. The lowest BCUT2D eigenvalue weighted by Gasteiger charge is -2.21. The molecule has 0 unspecified atom stereocenters. The minimum Gasteiger partial charge on any atom is -0.480 e. The van der Waals surface area contributed by atoms with Gasteiger partial charge in [0.1, 0.15) is 6.04 Å². The molecule has 1 aromatic rings. The molecule has 2 rings (SSSR count). The van der Waals surface area contributed by atoms with Crippen molar-refractivity contribution in [1.29, 1.82) is 0 Å². The molecule has 0 radical (unpaired) electrons. The van der Waals surface area contributed by atoms with Gasteiger partial charge in [-0.3, -0.25) is 4.79 Å². The Balaban J connectivity index is 1.96. The van der Waals surface area contributed by atoms with E-state index in [1.165, 1.54) is 16.7 Å². The number of aryl methyl sites for hydroxylation is 1. The van der Waals surface area contributed by atoms with E-state index in [-0.39, 0.29) is 11.7 Å². The molecule has 1 atom stereocenters. The Morgan fingerprint density at radius 3 is 2.90 bits per heavy atom. The molecule has 1 saturated heterocycles. The summed E-state index contributed by atoms with van der Waals surface area (Å²) < 4.78 is 1.01. The van der Waals surface area contributed by atoms with Crippen LogP contribution in [0.2, 0.25) is 0 Å². The summed E-state index contributed by atoms with van der Waals surface area (Å²) in [5.41, 5.74) is 1.10. The minimum atomic E-state index is -0.902. The van der Waals surface area contributed by atoms with Crippen LogP contribution < -0.4 is 0 Å². The highest BCUT2D eigenvalue weighted by Gasteiger charge is 2.33. The first kappa shape index (κ1) is 15.4. The molecule has 1 heterocycles. The highest BCUT2D eigenvalue weighted by molar-refractivity contribution is 9.10. The van der Waals surface area contributed by atoms with Crippen molar-refractivity contribution in [2.24, 2.45) is 0 Å². The molecule has 6 heteroatoms. The average Bonchev–Trinajstić information content (AvgIpc) is 2.86. The number of likely N-dealkylation sites (tertiary alicyclic amines) is 1. The van der Waals surface area contributed by atoms with Crippen molar-refractivity contribution in [3.63, 3.8) is 0 Å². The van der Waals surface area contributed by atoms with E-state index in [2.05, 4.69) is 15.9 Å². The topological polar surface area (TPSA) is 57.6 Å². The highest BCUT2D eigenvalue weighted by atomic mass is 79.9. The molecule has 0 saturated carbocycles. The van der Waals surface area contributed by atoms with Crippen molar-refractivity contribution in [2.45, 2.75) is 30.7 Å². The van der Waals surface area contributed by atoms with Crippen LogP contribution in [0, 0.1) is 6.92 Å². The summed E-state index contributed by atoms with van der Waals surface area (Å²) in [7, 11) is 0. The Hall–Kier alpha value is -1.01. The molecule has 0 aliphatic carbocycles. The molecule has 108 valence electrons. The van der Waals surface area contributed by atoms with Gasteiger partial charge >= 0.3 is 5.97 Å². The molecule has 1 aliphatic rings. The molecular weight excluding hydrogens is 342 g/mol. The van der Waals surface area contributed by atoms with Crippen LogP contribution in [0.25, 0.3) is 0 Å². The number of hydrogen-bond donors (Lipinski definition) is 1. The summed E-state index contributed by atoms with van der Waals surface area (Å²) in [4.78, 5) is 25.8. The number of rotatable bonds is 4. The predicted octanol–water partition coefficient (Wildman–Crippen LogP) is 2.93. The maximum absolute atomic E-state index is 12.1. The number of hydrogen-bond acceptors (Lipinski definition) is 3. The molecule has 1 aromatic carbocycles. The molecule has 1 fully saturated rings. The number of carbonyl (C=O) groups excluding carboxylic acids is 1. The van der Waals surface area contributed by atoms with Crippen LogP contribution in [-0.2, 0) is 9.59 Å². The fourth-order valence-electron chi connectivity index (χ4n) is 2.32. The van der Waals surface area contributed by atoms with Gasteiger partial charge in [-0.25, -0.2) is 4.79 Å². The maximum Gasteiger partial charge on any atom is 0.326 e. The van der Waals surface area contributed by atoms with E-state index in [0.717, 1.165) is 21.4 Å². The Kier molecular flexibility index (Phi) is 5.10. The first-order chi connectivity index (χ1) is 9.49. The van der Waals surface area contributed by atoms with Crippen molar-refractivity contribution in [3.05, 3.63) is 28.2 Å². The second-order valence-electron chi connectivity index (χ2n) is 4.78. The van der Waals surface area contributed by atoms with Gasteiger partial charge in [0.15, 0.2) is 0 Å². The zero-order chi connectivity index (χ0) is 14.7. The third-order valence-electron chi connectivity index (χ3n) is 3.35. The van der Waals surface area contributed by atoms with Crippen LogP contribution in [-0.4, -0.2) is 40.2 Å². The number of carboxylic acids is 1.